The molecule has 0 amide bonds. The molecule has 3 N–H and O–H groups in total. The Hall–Kier alpha value is -3.74. The maximum Gasteiger partial charge on any atom is 0.150 e. The number of halogens is 2. The first-order valence-electron chi connectivity index (χ1n) is 8.08. The van der Waals surface area contributed by atoms with E-state index >= 15 is 0 Å². The van der Waals surface area contributed by atoms with Crippen LogP contribution in [0.1, 0.15) is 11.1 Å². The lowest BCUT2D eigenvalue weighted by atomic mass is 10.0. The summed E-state index contributed by atoms with van der Waals surface area (Å²) >= 11 is 0. The van der Waals surface area contributed by atoms with Crippen molar-refractivity contribution in [3.8, 4) is 11.3 Å². The predicted octanol–water partition coefficient (Wildman–Crippen LogP) is 4.09. The van der Waals surface area contributed by atoms with Crippen LogP contribution in [0.25, 0.3) is 16.9 Å². The summed E-state index contributed by atoms with van der Waals surface area (Å²) in [7, 11) is 0. The Morgan fingerprint density at radius 3 is 2.33 bits per heavy atom. The average Bonchev–Trinajstić information content (AvgIpc) is 2.97. The third-order valence-corrected chi connectivity index (χ3v) is 4.20. The highest BCUT2D eigenvalue weighted by Crippen LogP contribution is 2.29. The van der Waals surface area contributed by atoms with Crippen molar-refractivity contribution in [1.29, 1.82) is 0 Å². The fourth-order valence-corrected chi connectivity index (χ4v) is 3.06. The number of benzene rings is 2. The van der Waals surface area contributed by atoms with Gasteiger partial charge in [-0.3, -0.25) is 4.40 Å². The molecule has 0 spiro atoms. The van der Waals surface area contributed by atoms with Gasteiger partial charge in [0.25, 0.3) is 0 Å². The second-order valence-electron chi connectivity index (χ2n) is 5.96. The first-order chi connectivity index (χ1) is 13.1. The first-order valence-corrected chi connectivity index (χ1v) is 8.08. The molecule has 134 valence electrons. The lowest BCUT2D eigenvalue weighted by Gasteiger charge is -2.08. The molecule has 0 unspecified atom stereocenters. The van der Waals surface area contributed by atoms with Crippen LogP contribution < -0.4 is 5.73 Å². The second kappa shape index (κ2) is 6.53. The molecule has 0 saturated carbocycles. The summed E-state index contributed by atoms with van der Waals surface area (Å²) in [5.41, 5.74) is 8.77. The summed E-state index contributed by atoms with van der Waals surface area (Å²) in [6, 6.07) is 15.7. The van der Waals surface area contributed by atoms with Crippen molar-refractivity contribution in [2.45, 2.75) is 0 Å². The van der Waals surface area contributed by atoms with Crippen LogP contribution in [0, 0.1) is 11.6 Å². The van der Waals surface area contributed by atoms with Crippen LogP contribution in [-0.4, -0.2) is 20.3 Å². The van der Waals surface area contributed by atoms with E-state index in [1.54, 1.807) is 22.7 Å². The van der Waals surface area contributed by atoms with Crippen molar-refractivity contribution < 1.29 is 14.0 Å². The molecular weight excluding hydrogens is 350 g/mol. The predicted molar refractivity (Wildman–Crippen MR) is 98.8 cm³/mol. The number of nitrogen functional groups attached to an aromatic ring is 1. The maximum absolute atomic E-state index is 13.7. The Labute approximate surface area is 153 Å². The van der Waals surface area contributed by atoms with Crippen molar-refractivity contribution in [1.82, 2.24) is 9.38 Å². The molecule has 0 radical (unpaired) electrons. The Kier molecular flexibility index (Phi) is 4.04. The number of pyridine rings is 1. The van der Waals surface area contributed by atoms with E-state index in [1.807, 2.05) is 30.3 Å². The number of rotatable bonds is 3. The molecule has 27 heavy (non-hydrogen) atoms. The quantitative estimate of drug-likeness (QED) is 0.327. The molecule has 0 atom stereocenters. The summed E-state index contributed by atoms with van der Waals surface area (Å²) in [4.78, 5) is 4.24. The van der Waals surface area contributed by atoms with Gasteiger partial charge in [-0.2, -0.15) is 0 Å². The molecule has 0 aliphatic carbocycles. The number of hydrogen-bond acceptors (Lipinski definition) is 4. The van der Waals surface area contributed by atoms with Crippen molar-refractivity contribution in [3.63, 3.8) is 0 Å². The van der Waals surface area contributed by atoms with E-state index in [2.05, 4.69) is 10.1 Å². The molecular formula is C20H14F2N4O. The number of oxime groups is 1. The summed E-state index contributed by atoms with van der Waals surface area (Å²) in [6.07, 6.45) is 1.67. The van der Waals surface area contributed by atoms with E-state index in [1.165, 1.54) is 12.1 Å². The highest BCUT2D eigenvalue weighted by Gasteiger charge is 2.16. The van der Waals surface area contributed by atoms with Crippen LogP contribution in [0.5, 0.6) is 0 Å². The summed E-state index contributed by atoms with van der Waals surface area (Å²) in [6.45, 7) is 0. The minimum atomic E-state index is -0.711. The van der Waals surface area contributed by atoms with E-state index in [-0.39, 0.29) is 11.4 Å². The zero-order chi connectivity index (χ0) is 19.0. The van der Waals surface area contributed by atoms with Crippen LogP contribution >= 0.6 is 0 Å². The molecule has 0 aliphatic heterocycles. The molecule has 0 bridgehead atoms. The van der Waals surface area contributed by atoms with Gasteiger partial charge >= 0.3 is 0 Å². The Morgan fingerprint density at radius 2 is 1.67 bits per heavy atom. The molecule has 2 aromatic heterocycles. The van der Waals surface area contributed by atoms with Crippen LogP contribution in [0.4, 0.5) is 14.6 Å². The van der Waals surface area contributed by atoms with Crippen molar-refractivity contribution in [2.24, 2.45) is 5.16 Å². The number of nitrogens with two attached hydrogens (primary N) is 1. The van der Waals surface area contributed by atoms with Crippen molar-refractivity contribution in [2.75, 3.05) is 5.73 Å². The zero-order valence-electron chi connectivity index (χ0n) is 14.0. The van der Waals surface area contributed by atoms with Gasteiger partial charge in [0.15, 0.2) is 5.82 Å². The van der Waals surface area contributed by atoms with E-state index in [4.69, 9.17) is 5.73 Å². The number of imidazole rings is 1. The number of hydrogen-bond donors (Lipinski definition) is 2. The second-order valence-corrected chi connectivity index (χ2v) is 5.96. The van der Waals surface area contributed by atoms with E-state index in [9.17, 15) is 14.0 Å². The van der Waals surface area contributed by atoms with Gasteiger partial charge in [0.05, 0.1) is 5.69 Å². The Bertz CT molecular complexity index is 1150. The first kappa shape index (κ1) is 16.7. The van der Waals surface area contributed by atoms with Crippen LogP contribution in [0.2, 0.25) is 0 Å². The highest BCUT2D eigenvalue weighted by atomic mass is 19.1. The number of anilines is 1. The molecule has 0 fully saturated rings. The van der Waals surface area contributed by atoms with Gasteiger partial charge in [-0.05, 0) is 24.3 Å². The Morgan fingerprint density at radius 1 is 0.963 bits per heavy atom. The highest BCUT2D eigenvalue weighted by molar-refractivity contribution is 6.12. The summed E-state index contributed by atoms with van der Waals surface area (Å²) < 4.78 is 29.0. The molecule has 0 aliphatic rings. The smallest absolute Gasteiger partial charge is 0.150 e. The minimum absolute atomic E-state index is 0.138. The van der Waals surface area contributed by atoms with E-state index in [0.29, 0.717) is 28.2 Å². The maximum atomic E-state index is 13.7. The molecule has 4 rings (SSSR count). The van der Waals surface area contributed by atoms with Gasteiger partial charge in [-0.1, -0.05) is 35.5 Å². The van der Waals surface area contributed by atoms with E-state index < -0.39 is 11.6 Å². The fraction of sp³-hybridized carbons (Fsp3) is 0. The minimum Gasteiger partial charge on any atom is -0.410 e. The largest absolute Gasteiger partial charge is 0.410 e. The van der Waals surface area contributed by atoms with Crippen molar-refractivity contribution in [3.05, 3.63) is 89.6 Å². The number of aromatic nitrogens is 2. The third kappa shape index (κ3) is 2.99. The molecule has 2 heterocycles. The lowest BCUT2D eigenvalue weighted by Crippen LogP contribution is -2.05. The Balaban J connectivity index is 1.92. The standard InChI is InChI=1S/C20H14F2N4O/c21-15-8-14(9-16(22)10-15)19-20(23)24-17-7-6-13(11-26(17)19)18(25-27)12-4-2-1-3-5-12/h1-11,27H,23H2. The fourth-order valence-electron chi connectivity index (χ4n) is 3.06. The molecule has 2 aromatic carbocycles. The lowest BCUT2D eigenvalue weighted by molar-refractivity contribution is 0.319. The van der Waals surface area contributed by atoms with Gasteiger partial charge in [0, 0.05) is 29.0 Å². The molecule has 4 aromatic rings. The monoisotopic (exact) mass is 364 g/mol. The van der Waals surface area contributed by atoms with E-state index in [0.717, 1.165) is 6.07 Å². The van der Waals surface area contributed by atoms with Gasteiger partial charge in [0.2, 0.25) is 0 Å². The average molecular weight is 364 g/mol. The van der Waals surface area contributed by atoms with Gasteiger partial charge in [-0.25, -0.2) is 13.8 Å². The number of fused-ring (bicyclic) bond motifs is 1. The molecule has 5 nitrogen and oxygen atoms in total. The normalized spacial score (nSPS) is 11.9. The molecule has 0 saturated heterocycles. The third-order valence-electron chi connectivity index (χ3n) is 4.20. The van der Waals surface area contributed by atoms with Gasteiger partial charge in [-0.15, -0.1) is 0 Å². The van der Waals surface area contributed by atoms with Crippen LogP contribution in [0.3, 0.4) is 0 Å². The zero-order valence-corrected chi connectivity index (χ0v) is 14.0. The van der Waals surface area contributed by atoms with Crippen molar-refractivity contribution >= 4 is 17.2 Å². The molecule has 7 heteroatoms. The van der Waals surface area contributed by atoms with Gasteiger partial charge in [0.1, 0.15) is 23.0 Å². The summed E-state index contributed by atoms with van der Waals surface area (Å²) in [5.74, 6) is -1.28. The topological polar surface area (TPSA) is 75.9 Å². The summed E-state index contributed by atoms with van der Waals surface area (Å²) in [5, 5.41) is 12.9. The number of nitrogens with zero attached hydrogens (tertiary/aromatic N) is 3. The van der Waals surface area contributed by atoms with Crippen LogP contribution in [0.15, 0.2) is 72.0 Å². The van der Waals surface area contributed by atoms with Crippen LogP contribution in [-0.2, 0) is 0 Å². The SMILES string of the molecule is Nc1nc2ccc(C(=NO)c3ccccc3)cn2c1-c1cc(F)cc(F)c1. The van der Waals surface area contributed by atoms with Gasteiger partial charge < -0.3 is 10.9 Å².